The molecule has 2 aromatic carbocycles. The summed E-state index contributed by atoms with van der Waals surface area (Å²) < 4.78 is 55.1. The summed E-state index contributed by atoms with van der Waals surface area (Å²) in [5.41, 5.74) is 0.345. The second kappa shape index (κ2) is 6.34. The van der Waals surface area contributed by atoms with Crippen molar-refractivity contribution in [2.45, 2.75) is 38.5 Å². The number of rotatable bonds is 2. The van der Waals surface area contributed by atoms with E-state index in [4.69, 9.17) is 0 Å². The topological polar surface area (TPSA) is 0 Å². The van der Waals surface area contributed by atoms with E-state index >= 15 is 0 Å². The van der Waals surface area contributed by atoms with Gasteiger partial charge in [0.25, 0.3) is 0 Å². The van der Waals surface area contributed by atoms with E-state index in [1.54, 1.807) is 0 Å². The van der Waals surface area contributed by atoms with E-state index in [1.165, 1.54) is 18.2 Å². The van der Waals surface area contributed by atoms with Crippen LogP contribution in [-0.2, 0) is 0 Å². The summed E-state index contributed by atoms with van der Waals surface area (Å²) in [6.07, 6.45) is 3.95. The molecule has 0 nitrogen and oxygen atoms in total. The lowest BCUT2D eigenvalue weighted by Gasteiger charge is -2.26. The molecule has 0 unspecified atom stereocenters. The number of halogens is 4. The van der Waals surface area contributed by atoms with Crippen LogP contribution in [0.5, 0.6) is 0 Å². The molecule has 0 radical (unpaired) electrons. The SMILES string of the molecule is CC1CCC(c2cc(F)c(-c3ccc(F)c(F)c3)c(F)c2)CC1.[HH]. The smallest absolute Gasteiger partial charge is 0.159 e. The zero-order valence-electron chi connectivity index (χ0n) is 12.9. The molecular formula is C19H20F4. The van der Waals surface area contributed by atoms with Crippen LogP contribution in [0.25, 0.3) is 11.1 Å². The van der Waals surface area contributed by atoms with Crippen LogP contribution < -0.4 is 0 Å². The van der Waals surface area contributed by atoms with Crippen molar-refractivity contribution in [2.24, 2.45) is 5.92 Å². The highest BCUT2D eigenvalue weighted by atomic mass is 19.2. The van der Waals surface area contributed by atoms with Crippen LogP contribution in [0.3, 0.4) is 0 Å². The lowest BCUT2D eigenvalue weighted by atomic mass is 9.79. The van der Waals surface area contributed by atoms with Crippen molar-refractivity contribution in [1.29, 1.82) is 0 Å². The predicted molar refractivity (Wildman–Crippen MR) is 84.2 cm³/mol. The molecule has 0 bridgehead atoms. The lowest BCUT2D eigenvalue weighted by Crippen LogP contribution is -2.11. The highest BCUT2D eigenvalue weighted by molar-refractivity contribution is 5.65. The van der Waals surface area contributed by atoms with E-state index in [2.05, 4.69) is 6.92 Å². The van der Waals surface area contributed by atoms with Gasteiger partial charge in [0.2, 0.25) is 0 Å². The zero-order valence-corrected chi connectivity index (χ0v) is 12.9. The summed E-state index contributed by atoms with van der Waals surface area (Å²) in [5, 5.41) is 0. The molecule has 0 saturated heterocycles. The molecular weight excluding hydrogens is 304 g/mol. The molecule has 2 aromatic rings. The number of hydrogen-bond donors (Lipinski definition) is 0. The number of benzene rings is 2. The predicted octanol–water partition coefficient (Wildman–Crippen LogP) is 6.45. The van der Waals surface area contributed by atoms with E-state index < -0.39 is 23.3 Å². The first-order valence-corrected chi connectivity index (χ1v) is 7.90. The molecule has 1 fully saturated rings. The first-order chi connectivity index (χ1) is 11.0. The third-order valence-electron chi connectivity index (χ3n) is 4.76. The van der Waals surface area contributed by atoms with Crippen molar-refractivity contribution in [1.82, 2.24) is 0 Å². The molecule has 124 valence electrons. The van der Waals surface area contributed by atoms with E-state index in [-0.39, 0.29) is 18.5 Å². The average molecular weight is 324 g/mol. The van der Waals surface area contributed by atoms with Crippen molar-refractivity contribution in [2.75, 3.05) is 0 Å². The molecule has 0 aromatic heterocycles. The summed E-state index contributed by atoms with van der Waals surface area (Å²) >= 11 is 0. The Balaban J connectivity index is 0.00000208. The van der Waals surface area contributed by atoms with Crippen molar-refractivity contribution in [3.05, 3.63) is 59.2 Å². The molecule has 0 N–H and O–H groups in total. The Kier molecular flexibility index (Phi) is 4.42. The van der Waals surface area contributed by atoms with Gasteiger partial charge in [-0.05, 0) is 60.1 Å². The van der Waals surface area contributed by atoms with Crippen LogP contribution in [0.1, 0.15) is 45.5 Å². The van der Waals surface area contributed by atoms with Crippen LogP contribution in [0.4, 0.5) is 17.6 Å². The molecule has 0 aliphatic heterocycles. The maximum atomic E-state index is 14.4. The minimum absolute atomic E-state index is 0. The fourth-order valence-electron chi connectivity index (χ4n) is 3.35. The zero-order chi connectivity index (χ0) is 16.6. The van der Waals surface area contributed by atoms with Gasteiger partial charge in [-0.15, -0.1) is 0 Å². The van der Waals surface area contributed by atoms with Gasteiger partial charge < -0.3 is 0 Å². The summed E-state index contributed by atoms with van der Waals surface area (Å²) in [4.78, 5) is 0. The van der Waals surface area contributed by atoms with Crippen LogP contribution in [0.15, 0.2) is 30.3 Å². The van der Waals surface area contributed by atoms with Gasteiger partial charge in [0.05, 0.1) is 5.56 Å². The molecule has 0 heterocycles. The third kappa shape index (κ3) is 3.26. The fourth-order valence-corrected chi connectivity index (χ4v) is 3.35. The van der Waals surface area contributed by atoms with E-state index in [0.29, 0.717) is 11.5 Å². The van der Waals surface area contributed by atoms with Gasteiger partial charge in [-0.25, -0.2) is 17.6 Å². The van der Waals surface area contributed by atoms with Crippen LogP contribution in [0.2, 0.25) is 0 Å². The second-order valence-corrected chi connectivity index (χ2v) is 6.45. The van der Waals surface area contributed by atoms with Gasteiger partial charge in [-0.1, -0.05) is 25.8 Å². The molecule has 0 amide bonds. The molecule has 23 heavy (non-hydrogen) atoms. The minimum Gasteiger partial charge on any atom is -0.206 e. The van der Waals surface area contributed by atoms with Crippen molar-refractivity contribution in [3.63, 3.8) is 0 Å². The molecule has 0 spiro atoms. The van der Waals surface area contributed by atoms with E-state index in [0.717, 1.165) is 37.8 Å². The molecule has 1 aliphatic rings. The van der Waals surface area contributed by atoms with Gasteiger partial charge in [-0.3, -0.25) is 0 Å². The maximum Gasteiger partial charge on any atom is 0.159 e. The van der Waals surface area contributed by atoms with Crippen LogP contribution >= 0.6 is 0 Å². The highest BCUT2D eigenvalue weighted by Crippen LogP contribution is 2.38. The Hall–Kier alpha value is -1.84. The molecule has 4 heteroatoms. The Morgan fingerprint density at radius 1 is 0.783 bits per heavy atom. The molecule has 0 atom stereocenters. The maximum absolute atomic E-state index is 14.4. The van der Waals surface area contributed by atoms with Crippen molar-refractivity contribution < 1.29 is 19.0 Å². The van der Waals surface area contributed by atoms with Crippen molar-refractivity contribution in [3.8, 4) is 11.1 Å². The lowest BCUT2D eigenvalue weighted by molar-refractivity contribution is 0.346. The van der Waals surface area contributed by atoms with E-state index in [9.17, 15) is 17.6 Å². The molecule has 1 aliphatic carbocycles. The number of hydrogen-bond acceptors (Lipinski definition) is 0. The van der Waals surface area contributed by atoms with Gasteiger partial charge >= 0.3 is 0 Å². The highest BCUT2D eigenvalue weighted by Gasteiger charge is 2.23. The standard InChI is InChI=1S/C19H18F4.H2/c1-11-2-4-12(5-3-11)14-9-17(22)19(18(23)10-14)13-6-7-15(20)16(21)8-13;/h6-12H,2-5H2,1H3;1H. The van der Waals surface area contributed by atoms with Gasteiger partial charge in [0.15, 0.2) is 11.6 Å². The Morgan fingerprint density at radius 3 is 1.96 bits per heavy atom. The quantitative estimate of drug-likeness (QED) is 0.557. The summed E-state index contributed by atoms with van der Waals surface area (Å²) in [6.45, 7) is 2.18. The molecule has 3 rings (SSSR count). The summed E-state index contributed by atoms with van der Waals surface area (Å²) in [6, 6.07) is 5.54. The van der Waals surface area contributed by atoms with Gasteiger partial charge in [0.1, 0.15) is 11.6 Å². The molecule has 1 saturated carbocycles. The minimum atomic E-state index is -1.12. The normalized spacial score (nSPS) is 21.4. The Labute approximate surface area is 134 Å². The van der Waals surface area contributed by atoms with Crippen LogP contribution in [0, 0.1) is 29.2 Å². The Bertz CT molecular complexity index is 698. The summed E-state index contributed by atoms with van der Waals surface area (Å²) in [5.74, 6) is -2.81. The van der Waals surface area contributed by atoms with E-state index in [1.807, 2.05) is 0 Å². The first-order valence-electron chi connectivity index (χ1n) is 7.90. The monoisotopic (exact) mass is 324 g/mol. The first kappa shape index (κ1) is 16.0. The van der Waals surface area contributed by atoms with Gasteiger partial charge in [0, 0.05) is 1.43 Å². The van der Waals surface area contributed by atoms with Crippen molar-refractivity contribution >= 4 is 0 Å². The average Bonchev–Trinajstić information content (AvgIpc) is 2.51. The third-order valence-corrected chi connectivity index (χ3v) is 4.76. The van der Waals surface area contributed by atoms with Gasteiger partial charge in [-0.2, -0.15) is 0 Å². The van der Waals surface area contributed by atoms with Crippen LogP contribution in [-0.4, -0.2) is 0 Å². The second-order valence-electron chi connectivity index (χ2n) is 6.45. The fraction of sp³-hybridized carbons (Fsp3) is 0.368. The Morgan fingerprint density at radius 2 is 1.39 bits per heavy atom. The largest absolute Gasteiger partial charge is 0.206 e. The summed E-state index contributed by atoms with van der Waals surface area (Å²) in [7, 11) is 0.